The van der Waals surface area contributed by atoms with Crippen LogP contribution < -0.4 is 10.4 Å². The molecule has 0 radical (unpaired) electrons. The summed E-state index contributed by atoms with van der Waals surface area (Å²) in [6.45, 7) is 2.31. The number of hydrogen-bond acceptors (Lipinski definition) is 7. The number of carbonyl (C=O) groups excluding carboxylic acids is 1. The molecule has 2 N–H and O–H groups in total. The maximum absolute atomic E-state index is 11.5. The highest BCUT2D eigenvalue weighted by Gasteiger charge is 2.35. The molecule has 1 amide bonds. The summed E-state index contributed by atoms with van der Waals surface area (Å²) in [7, 11) is 0. The number of amides is 1. The fourth-order valence-corrected chi connectivity index (χ4v) is 2.80. The molecule has 1 aromatic carbocycles. The number of benzene rings is 1. The second-order valence-electron chi connectivity index (χ2n) is 5.36. The average molecular weight is 324 g/mol. The Morgan fingerprint density at radius 1 is 1.26 bits per heavy atom. The van der Waals surface area contributed by atoms with Gasteiger partial charge in [-0.25, -0.2) is 5.48 Å². The van der Waals surface area contributed by atoms with Crippen LogP contribution in [0.5, 0.6) is 0 Å². The van der Waals surface area contributed by atoms with Crippen LogP contribution in [0.15, 0.2) is 12.1 Å². The average Bonchev–Trinajstić information content (AvgIpc) is 2.53. The summed E-state index contributed by atoms with van der Waals surface area (Å²) in [5, 5.41) is 31.4. The third-order valence-electron chi connectivity index (χ3n) is 3.92. The number of anilines is 1. The molecular formula is C13H16N4O6. The molecule has 0 bridgehead atoms. The molecule has 0 aliphatic carbocycles. The van der Waals surface area contributed by atoms with Crippen LogP contribution in [0.2, 0.25) is 0 Å². The van der Waals surface area contributed by atoms with Crippen molar-refractivity contribution in [1.82, 2.24) is 5.48 Å². The van der Waals surface area contributed by atoms with Crippen LogP contribution in [-0.4, -0.2) is 33.5 Å². The van der Waals surface area contributed by atoms with Crippen LogP contribution in [0, 0.1) is 20.2 Å². The van der Waals surface area contributed by atoms with Gasteiger partial charge < -0.3 is 4.90 Å². The van der Waals surface area contributed by atoms with Gasteiger partial charge in [0.1, 0.15) is 0 Å². The largest absolute Gasteiger partial charge is 0.358 e. The van der Waals surface area contributed by atoms with Gasteiger partial charge in [-0.15, -0.1) is 0 Å². The van der Waals surface area contributed by atoms with Gasteiger partial charge in [-0.1, -0.05) is 0 Å². The molecule has 2 rings (SSSR count). The van der Waals surface area contributed by atoms with E-state index >= 15 is 0 Å². The van der Waals surface area contributed by atoms with Gasteiger partial charge in [0.15, 0.2) is 5.69 Å². The standard InChI is InChI=1S/C13H16N4O6/c1-8-4-2-3-5-15(8)12-10(16(20)21)6-9(13(18)14-19)7-11(12)17(22)23/h6-8,19H,2-5H2,1H3,(H,14,18). The molecule has 1 saturated heterocycles. The van der Waals surface area contributed by atoms with E-state index in [1.165, 1.54) is 5.48 Å². The Balaban J connectivity index is 2.69. The van der Waals surface area contributed by atoms with Crippen molar-refractivity contribution >= 4 is 23.0 Å². The molecule has 124 valence electrons. The van der Waals surface area contributed by atoms with E-state index in [0.717, 1.165) is 31.4 Å². The van der Waals surface area contributed by atoms with Crippen molar-refractivity contribution in [2.45, 2.75) is 32.2 Å². The number of carbonyl (C=O) groups is 1. The Bertz CT molecular complexity index is 627. The summed E-state index contributed by atoms with van der Waals surface area (Å²) in [4.78, 5) is 34.4. The van der Waals surface area contributed by atoms with E-state index in [4.69, 9.17) is 5.21 Å². The number of nitrogens with zero attached hydrogens (tertiary/aromatic N) is 3. The molecule has 0 saturated carbocycles. The minimum absolute atomic E-state index is 0.0846. The first-order valence-corrected chi connectivity index (χ1v) is 7.04. The fraction of sp³-hybridized carbons (Fsp3) is 0.462. The van der Waals surface area contributed by atoms with Gasteiger partial charge in [0.25, 0.3) is 17.3 Å². The van der Waals surface area contributed by atoms with E-state index in [-0.39, 0.29) is 17.3 Å². The first kappa shape index (κ1) is 16.6. The van der Waals surface area contributed by atoms with E-state index in [9.17, 15) is 25.0 Å². The highest BCUT2D eigenvalue weighted by molar-refractivity contribution is 5.97. The predicted octanol–water partition coefficient (Wildman–Crippen LogP) is 2.00. The summed E-state index contributed by atoms with van der Waals surface area (Å²) < 4.78 is 0. The number of nitro groups is 2. The minimum atomic E-state index is -1.05. The van der Waals surface area contributed by atoms with E-state index in [1.54, 1.807) is 4.90 Å². The van der Waals surface area contributed by atoms with Crippen LogP contribution in [0.25, 0.3) is 0 Å². The molecule has 1 fully saturated rings. The van der Waals surface area contributed by atoms with Gasteiger partial charge in [-0.2, -0.15) is 0 Å². The number of rotatable bonds is 4. The lowest BCUT2D eigenvalue weighted by atomic mass is 10.0. The SMILES string of the molecule is CC1CCCCN1c1c([N+](=O)[O-])cc(C(=O)NO)cc1[N+](=O)[O-]. The monoisotopic (exact) mass is 324 g/mol. The number of piperidine rings is 1. The topological polar surface area (TPSA) is 139 Å². The lowest BCUT2D eigenvalue weighted by Crippen LogP contribution is -2.38. The molecular weight excluding hydrogens is 308 g/mol. The van der Waals surface area contributed by atoms with Gasteiger partial charge in [0.05, 0.1) is 15.4 Å². The Morgan fingerprint density at radius 3 is 2.26 bits per heavy atom. The van der Waals surface area contributed by atoms with E-state index in [2.05, 4.69) is 0 Å². The Kier molecular flexibility index (Phi) is 4.74. The van der Waals surface area contributed by atoms with Crippen molar-refractivity contribution in [1.29, 1.82) is 0 Å². The van der Waals surface area contributed by atoms with Crippen LogP contribution in [0.1, 0.15) is 36.5 Å². The molecule has 1 aliphatic heterocycles. The van der Waals surface area contributed by atoms with Gasteiger partial charge in [-0.3, -0.25) is 30.2 Å². The highest BCUT2D eigenvalue weighted by atomic mass is 16.6. The molecule has 1 atom stereocenters. The number of hydrogen-bond donors (Lipinski definition) is 2. The van der Waals surface area contributed by atoms with Crippen molar-refractivity contribution in [3.05, 3.63) is 37.9 Å². The summed E-state index contributed by atoms with van der Waals surface area (Å²) >= 11 is 0. The molecule has 10 heteroatoms. The molecule has 10 nitrogen and oxygen atoms in total. The zero-order valence-electron chi connectivity index (χ0n) is 12.4. The first-order chi connectivity index (χ1) is 10.9. The van der Waals surface area contributed by atoms with Crippen LogP contribution in [0.3, 0.4) is 0 Å². The molecule has 1 unspecified atom stereocenters. The summed E-state index contributed by atoms with van der Waals surface area (Å²) in [5.41, 5.74) is -0.163. The molecule has 1 aromatic rings. The van der Waals surface area contributed by atoms with Gasteiger partial charge >= 0.3 is 0 Å². The quantitative estimate of drug-likeness (QED) is 0.490. The number of nitrogens with one attached hydrogen (secondary N) is 1. The Hall–Kier alpha value is -2.75. The third kappa shape index (κ3) is 3.21. The lowest BCUT2D eigenvalue weighted by molar-refractivity contribution is -0.392. The summed E-state index contributed by atoms with van der Waals surface area (Å²) in [6.07, 6.45) is 2.50. The number of nitro benzene ring substituents is 2. The third-order valence-corrected chi connectivity index (χ3v) is 3.92. The lowest BCUT2D eigenvalue weighted by Gasteiger charge is -2.34. The van der Waals surface area contributed by atoms with Crippen molar-refractivity contribution in [2.24, 2.45) is 0 Å². The Morgan fingerprint density at radius 2 is 1.83 bits per heavy atom. The fourth-order valence-electron chi connectivity index (χ4n) is 2.80. The predicted molar refractivity (Wildman–Crippen MR) is 79.7 cm³/mol. The minimum Gasteiger partial charge on any atom is -0.358 e. The maximum atomic E-state index is 11.5. The summed E-state index contributed by atoms with van der Waals surface area (Å²) in [6, 6.07) is 1.79. The zero-order chi connectivity index (χ0) is 17.1. The van der Waals surface area contributed by atoms with Crippen LogP contribution >= 0.6 is 0 Å². The van der Waals surface area contributed by atoms with Crippen LogP contribution in [0.4, 0.5) is 17.1 Å². The van der Waals surface area contributed by atoms with Gasteiger partial charge in [-0.05, 0) is 26.2 Å². The second kappa shape index (κ2) is 6.57. The molecule has 0 aromatic heterocycles. The van der Waals surface area contributed by atoms with E-state index < -0.39 is 27.1 Å². The highest BCUT2D eigenvalue weighted by Crippen LogP contribution is 2.41. The van der Waals surface area contributed by atoms with Crippen molar-refractivity contribution in [3.63, 3.8) is 0 Å². The van der Waals surface area contributed by atoms with Crippen molar-refractivity contribution in [3.8, 4) is 0 Å². The Labute approximate surface area is 131 Å². The maximum Gasteiger partial charge on any atom is 0.300 e. The summed E-state index contributed by atoms with van der Waals surface area (Å²) in [5.74, 6) is -1.05. The second-order valence-corrected chi connectivity index (χ2v) is 5.36. The van der Waals surface area contributed by atoms with Crippen molar-refractivity contribution in [2.75, 3.05) is 11.4 Å². The normalized spacial score (nSPS) is 17.7. The molecule has 23 heavy (non-hydrogen) atoms. The smallest absolute Gasteiger partial charge is 0.300 e. The molecule has 1 heterocycles. The van der Waals surface area contributed by atoms with Crippen LogP contribution in [-0.2, 0) is 0 Å². The molecule has 1 aliphatic rings. The number of hydroxylamine groups is 1. The van der Waals surface area contributed by atoms with E-state index in [1.807, 2.05) is 6.92 Å². The van der Waals surface area contributed by atoms with Crippen molar-refractivity contribution < 1.29 is 19.8 Å². The van der Waals surface area contributed by atoms with Gasteiger partial charge in [0.2, 0.25) is 0 Å². The first-order valence-electron chi connectivity index (χ1n) is 7.04. The molecule has 0 spiro atoms. The van der Waals surface area contributed by atoms with Gasteiger partial charge in [0, 0.05) is 24.7 Å². The van der Waals surface area contributed by atoms with E-state index in [0.29, 0.717) is 6.54 Å². The zero-order valence-corrected chi connectivity index (χ0v) is 12.4.